The van der Waals surface area contributed by atoms with Gasteiger partial charge in [-0.3, -0.25) is 0 Å². The van der Waals surface area contributed by atoms with Crippen molar-refractivity contribution in [3.05, 3.63) is 66.2 Å². The highest BCUT2D eigenvalue weighted by Gasteiger charge is 2.19. The van der Waals surface area contributed by atoms with Crippen LogP contribution in [0.5, 0.6) is 0 Å². The van der Waals surface area contributed by atoms with Crippen LogP contribution in [0.25, 0.3) is 22.5 Å². The van der Waals surface area contributed by atoms with E-state index in [2.05, 4.69) is 0 Å². The Balaban J connectivity index is 0.00000176. The zero-order chi connectivity index (χ0) is 15.0. The summed E-state index contributed by atoms with van der Waals surface area (Å²) < 4.78 is 30.0. The van der Waals surface area contributed by atoms with Gasteiger partial charge in [-0.25, -0.2) is 8.78 Å². The third-order valence-electron chi connectivity index (χ3n) is 3.70. The minimum Gasteiger partial charge on any atom is -1.00 e. The lowest BCUT2D eigenvalue weighted by atomic mass is 10.1. The van der Waals surface area contributed by atoms with Gasteiger partial charge in [0.2, 0.25) is 5.69 Å². The summed E-state index contributed by atoms with van der Waals surface area (Å²) in [5.74, 6) is -0.507. The van der Waals surface area contributed by atoms with E-state index in [-0.39, 0.29) is 35.6 Å². The van der Waals surface area contributed by atoms with Gasteiger partial charge in [0.05, 0.1) is 7.05 Å². The van der Waals surface area contributed by atoms with E-state index in [0.29, 0.717) is 0 Å². The predicted molar refractivity (Wildman–Crippen MR) is 77.4 cm³/mol. The fourth-order valence-electron chi connectivity index (χ4n) is 2.42. The standard InChI is InChI=1S/C17H15F2N2.HI/c1-20-16(12-3-7-14(18)8-4-12)11-17(21(20)2)13-5-9-15(19)10-6-13;/h3-11H,1-2H3;1H/q+1;/p-1. The van der Waals surface area contributed by atoms with Crippen molar-refractivity contribution in [2.75, 3.05) is 0 Å². The Kier molecular flexibility index (Phi) is 4.95. The molecule has 0 bridgehead atoms. The Bertz CT molecular complexity index is 712. The Morgan fingerprint density at radius 1 is 0.818 bits per heavy atom. The second-order valence-corrected chi connectivity index (χ2v) is 4.98. The van der Waals surface area contributed by atoms with Crippen molar-refractivity contribution in [3.8, 4) is 22.5 Å². The minimum atomic E-state index is -0.254. The van der Waals surface area contributed by atoms with E-state index in [1.165, 1.54) is 24.3 Å². The number of hydrogen-bond donors (Lipinski definition) is 0. The molecule has 3 rings (SSSR count). The van der Waals surface area contributed by atoms with Crippen LogP contribution in [0.1, 0.15) is 0 Å². The number of rotatable bonds is 2. The molecule has 0 saturated heterocycles. The van der Waals surface area contributed by atoms with Crippen LogP contribution in [-0.2, 0) is 14.1 Å². The summed E-state index contributed by atoms with van der Waals surface area (Å²) in [7, 11) is 3.87. The molecule has 0 saturated carbocycles. The highest BCUT2D eigenvalue weighted by Crippen LogP contribution is 2.24. The van der Waals surface area contributed by atoms with Gasteiger partial charge in [-0.15, -0.1) is 4.68 Å². The zero-order valence-electron chi connectivity index (χ0n) is 12.2. The van der Waals surface area contributed by atoms with Crippen molar-refractivity contribution in [1.29, 1.82) is 0 Å². The molecular formula is C17H15F2IN2. The Morgan fingerprint density at radius 2 is 1.27 bits per heavy atom. The van der Waals surface area contributed by atoms with Gasteiger partial charge in [0, 0.05) is 17.2 Å². The van der Waals surface area contributed by atoms with Gasteiger partial charge in [-0.05, 0) is 48.5 Å². The maximum atomic E-state index is 13.0. The van der Waals surface area contributed by atoms with Crippen LogP contribution in [0.2, 0.25) is 0 Å². The molecule has 2 nitrogen and oxygen atoms in total. The third-order valence-corrected chi connectivity index (χ3v) is 3.70. The Labute approximate surface area is 145 Å². The number of benzene rings is 2. The van der Waals surface area contributed by atoms with Crippen LogP contribution < -0.4 is 28.7 Å². The van der Waals surface area contributed by atoms with Gasteiger partial charge in [0.25, 0.3) is 0 Å². The topological polar surface area (TPSA) is 8.81 Å². The van der Waals surface area contributed by atoms with Crippen molar-refractivity contribution >= 4 is 0 Å². The highest BCUT2D eigenvalue weighted by atomic mass is 127. The summed E-state index contributed by atoms with van der Waals surface area (Å²) in [6, 6.07) is 14.8. The monoisotopic (exact) mass is 412 g/mol. The van der Waals surface area contributed by atoms with Crippen molar-refractivity contribution < 1.29 is 37.4 Å². The van der Waals surface area contributed by atoms with Gasteiger partial charge < -0.3 is 24.0 Å². The predicted octanol–water partition coefficient (Wildman–Crippen LogP) is 0.466. The molecule has 0 unspecified atom stereocenters. The Morgan fingerprint density at radius 3 is 1.77 bits per heavy atom. The largest absolute Gasteiger partial charge is 1.00 e. The van der Waals surface area contributed by atoms with Gasteiger partial charge in [0.15, 0.2) is 7.05 Å². The minimum absolute atomic E-state index is 0. The van der Waals surface area contributed by atoms with Crippen LogP contribution in [-0.4, -0.2) is 4.68 Å². The Hall–Kier alpha value is -1.76. The quantitative estimate of drug-likeness (QED) is 0.428. The van der Waals surface area contributed by atoms with E-state index in [1.54, 1.807) is 24.3 Å². The molecular weight excluding hydrogens is 397 g/mol. The average Bonchev–Trinajstić information content (AvgIpc) is 2.78. The molecule has 0 N–H and O–H groups in total. The fraction of sp³-hybridized carbons (Fsp3) is 0.118. The highest BCUT2D eigenvalue weighted by molar-refractivity contribution is 5.66. The second kappa shape index (κ2) is 6.56. The van der Waals surface area contributed by atoms with Crippen LogP contribution in [0.3, 0.4) is 0 Å². The smallest absolute Gasteiger partial charge is 0.238 e. The van der Waals surface area contributed by atoms with E-state index < -0.39 is 0 Å². The molecule has 1 aromatic heterocycles. The van der Waals surface area contributed by atoms with E-state index in [9.17, 15) is 8.78 Å². The number of hydrogen-bond acceptors (Lipinski definition) is 0. The van der Waals surface area contributed by atoms with Crippen LogP contribution in [0.15, 0.2) is 54.6 Å². The van der Waals surface area contributed by atoms with Gasteiger partial charge >= 0.3 is 0 Å². The first-order valence-corrected chi connectivity index (χ1v) is 6.64. The lowest BCUT2D eigenvalue weighted by Crippen LogP contribution is -3.00. The molecule has 0 aliphatic heterocycles. The molecule has 2 aromatic carbocycles. The van der Waals surface area contributed by atoms with E-state index in [1.807, 2.05) is 29.5 Å². The molecule has 5 heteroatoms. The van der Waals surface area contributed by atoms with Gasteiger partial charge in [0.1, 0.15) is 17.3 Å². The molecule has 0 atom stereocenters. The maximum Gasteiger partial charge on any atom is 0.238 e. The van der Waals surface area contributed by atoms with Crippen molar-refractivity contribution in [2.24, 2.45) is 14.1 Å². The summed E-state index contributed by atoms with van der Waals surface area (Å²) in [5.41, 5.74) is 3.80. The van der Waals surface area contributed by atoms with Crippen LogP contribution in [0, 0.1) is 11.6 Å². The zero-order valence-corrected chi connectivity index (χ0v) is 14.4. The second-order valence-electron chi connectivity index (χ2n) is 4.98. The molecule has 1 heterocycles. The maximum absolute atomic E-state index is 13.0. The number of aromatic nitrogens is 2. The third kappa shape index (κ3) is 3.04. The lowest BCUT2D eigenvalue weighted by molar-refractivity contribution is -0.740. The van der Waals surface area contributed by atoms with Crippen molar-refractivity contribution in [2.45, 2.75) is 0 Å². The number of nitrogens with zero attached hydrogens (tertiary/aromatic N) is 2. The first-order chi connectivity index (χ1) is 10.1. The normalized spacial score (nSPS) is 10.4. The summed E-state index contributed by atoms with van der Waals surface area (Å²) in [4.78, 5) is 0. The average molecular weight is 412 g/mol. The molecule has 0 aliphatic rings. The van der Waals surface area contributed by atoms with Crippen LogP contribution in [0.4, 0.5) is 8.78 Å². The molecule has 0 radical (unpaired) electrons. The van der Waals surface area contributed by atoms with Crippen molar-refractivity contribution in [3.63, 3.8) is 0 Å². The molecule has 0 amide bonds. The van der Waals surface area contributed by atoms with E-state index >= 15 is 0 Å². The fourth-order valence-corrected chi connectivity index (χ4v) is 2.42. The molecule has 0 aliphatic carbocycles. The van der Waals surface area contributed by atoms with Crippen molar-refractivity contribution in [1.82, 2.24) is 4.68 Å². The SMILES string of the molecule is Cn1c(-c2ccc(F)cc2)cc(-c2ccc(F)cc2)[n+]1C.[I-]. The molecule has 0 spiro atoms. The van der Waals surface area contributed by atoms with E-state index in [0.717, 1.165) is 22.5 Å². The summed E-state index contributed by atoms with van der Waals surface area (Å²) in [6.45, 7) is 0. The molecule has 0 fully saturated rings. The number of halogens is 3. The molecule has 114 valence electrons. The summed E-state index contributed by atoms with van der Waals surface area (Å²) >= 11 is 0. The van der Waals surface area contributed by atoms with Gasteiger partial charge in [-0.1, -0.05) is 0 Å². The first kappa shape index (κ1) is 16.6. The van der Waals surface area contributed by atoms with Crippen LogP contribution >= 0.6 is 0 Å². The molecule has 3 aromatic rings. The van der Waals surface area contributed by atoms with Gasteiger partial charge in [-0.2, -0.15) is 4.68 Å². The summed E-state index contributed by atoms with van der Waals surface area (Å²) in [6.07, 6.45) is 0. The van der Waals surface area contributed by atoms with E-state index in [4.69, 9.17) is 0 Å². The summed E-state index contributed by atoms with van der Waals surface area (Å²) in [5, 5.41) is 0. The lowest BCUT2D eigenvalue weighted by Gasteiger charge is -2.00. The molecule has 22 heavy (non-hydrogen) atoms. The first-order valence-electron chi connectivity index (χ1n) is 6.64.